The van der Waals surface area contributed by atoms with E-state index in [-0.39, 0.29) is 40.6 Å². The summed E-state index contributed by atoms with van der Waals surface area (Å²) in [6.45, 7) is 14.2. The third kappa shape index (κ3) is 3.01. The molecule has 6 heteroatoms. The molecule has 5 saturated carbocycles. The van der Waals surface area contributed by atoms with Gasteiger partial charge in [0.25, 0.3) is 0 Å². The minimum Gasteiger partial charge on any atom is -0.481 e. The molecule has 0 aromatic heterocycles. The first-order valence-electron chi connectivity index (χ1n) is 16.0. The summed E-state index contributed by atoms with van der Waals surface area (Å²) in [6, 6.07) is 0. The first-order chi connectivity index (χ1) is 18.1. The molecule has 6 aliphatic rings. The van der Waals surface area contributed by atoms with Gasteiger partial charge >= 0.3 is 5.97 Å². The highest BCUT2D eigenvalue weighted by atomic mass is 16.6. The first-order valence-corrected chi connectivity index (χ1v) is 16.0. The molecular weight excluding hydrogens is 492 g/mol. The number of rotatable bonds is 4. The van der Waals surface area contributed by atoms with Crippen molar-refractivity contribution in [3.05, 3.63) is 0 Å². The van der Waals surface area contributed by atoms with Crippen LogP contribution in [0.25, 0.3) is 0 Å². The largest absolute Gasteiger partial charge is 0.481 e. The minimum absolute atomic E-state index is 0.00218. The van der Waals surface area contributed by atoms with Gasteiger partial charge in [0, 0.05) is 23.2 Å². The lowest BCUT2D eigenvalue weighted by atomic mass is 9.26. The van der Waals surface area contributed by atoms with Crippen LogP contribution in [0.3, 0.4) is 0 Å². The van der Waals surface area contributed by atoms with Crippen molar-refractivity contribution >= 4 is 5.97 Å². The second-order valence-corrected chi connectivity index (χ2v) is 16.6. The van der Waals surface area contributed by atoms with Gasteiger partial charge in [0.05, 0.1) is 24.7 Å². The topological polar surface area (TPSA) is 107 Å². The Labute approximate surface area is 235 Å². The Hall–Kier alpha value is -0.690. The van der Waals surface area contributed by atoms with Gasteiger partial charge in [0.1, 0.15) is 0 Å². The lowest BCUT2D eigenvalue weighted by Crippen LogP contribution is -2.76. The van der Waals surface area contributed by atoms with E-state index in [2.05, 4.69) is 34.6 Å². The number of aliphatic carboxylic acids is 1. The van der Waals surface area contributed by atoms with E-state index < -0.39 is 34.1 Å². The zero-order valence-electron chi connectivity index (χ0n) is 25.3. The second-order valence-electron chi connectivity index (χ2n) is 16.6. The van der Waals surface area contributed by atoms with Gasteiger partial charge in [-0.1, -0.05) is 41.0 Å². The summed E-state index contributed by atoms with van der Waals surface area (Å²) in [4.78, 5) is 12.4. The van der Waals surface area contributed by atoms with E-state index in [0.29, 0.717) is 18.4 Å². The van der Waals surface area contributed by atoms with Crippen molar-refractivity contribution in [1.82, 2.24) is 0 Å². The maximum Gasteiger partial charge on any atom is 0.309 e. The van der Waals surface area contributed by atoms with Crippen molar-refractivity contribution in [2.24, 2.45) is 55.7 Å². The van der Waals surface area contributed by atoms with Gasteiger partial charge in [-0.2, -0.15) is 0 Å². The molecule has 0 aromatic rings. The van der Waals surface area contributed by atoms with E-state index in [1.54, 1.807) is 0 Å². The van der Waals surface area contributed by atoms with Crippen molar-refractivity contribution in [3.63, 3.8) is 0 Å². The van der Waals surface area contributed by atoms with Crippen LogP contribution in [0.1, 0.15) is 119 Å². The molecule has 1 heterocycles. The molecule has 0 amide bonds. The Morgan fingerprint density at radius 3 is 2.13 bits per heavy atom. The Morgan fingerprint density at radius 1 is 0.872 bits per heavy atom. The molecular formula is C33H54O6. The molecule has 5 aliphatic carbocycles. The van der Waals surface area contributed by atoms with Crippen LogP contribution in [0.4, 0.5) is 0 Å². The van der Waals surface area contributed by atoms with Crippen LogP contribution < -0.4 is 0 Å². The van der Waals surface area contributed by atoms with Crippen LogP contribution in [-0.4, -0.2) is 51.5 Å². The van der Waals surface area contributed by atoms with Gasteiger partial charge in [-0.25, -0.2) is 0 Å². The molecule has 4 N–H and O–H groups in total. The molecule has 6 nitrogen and oxygen atoms in total. The summed E-state index contributed by atoms with van der Waals surface area (Å²) < 4.78 is 6.22. The fourth-order valence-electron chi connectivity index (χ4n) is 13.2. The standard InChI is InChI=1S/C33H54O6/c1-7-8-22-31-10-9-21-28(4)14-13-26(2)11-12-27(3,25(36)37)17-23(26)29(28,5)15-16-30(21,6)32(31,19-34)24(35)18-33(22,38)39-20-31/h21-24,34-35,38H,7-20H2,1-6H3,(H,36,37). The van der Waals surface area contributed by atoms with Gasteiger partial charge in [-0.3, -0.25) is 4.79 Å². The molecule has 39 heavy (non-hydrogen) atoms. The van der Waals surface area contributed by atoms with E-state index in [9.17, 15) is 25.2 Å². The van der Waals surface area contributed by atoms with Crippen LogP contribution >= 0.6 is 0 Å². The zero-order valence-corrected chi connectivity index (χ0v) is 25.3. The second kappa shape index (κ2) is 8.23. The van der Waals surface area contributed by atoms with Crippen LogP contribution in [0.5, 0.6) is 0 Å². The van der Waals surface area contributed by atoms with Crippen molar-refractivity contribution in [1.29, 1.82) is 0 Å². The Balaban J connectivity index is 1.46. The lowest BCUT2D eigenvalue weighted by Gasteiger charge is -2.77. The molecule has 0 aromatic carbocycles. The van der Waals surface area contributed by atoms with E-state index in [1.165, 1.54) is 0 Å². The molecule has 12 atom stereocenters. The molecule has 0 radical (unpaired) electrons. The van der Waals surface area contributed by atoms with Gasteiger partial charge in [-0.05, 0) is 105 Å². The van der Waals surface area contributed by atoms with E-state index in [1.807, 2.05) is 6.92 Å². The smallest absolute Gasteiger partial charge is 0.309 e. The Morgan fingerprint density at radius 2 is 1.49 bits per heavy atom. The molecule has 2 bridgehead atoms. The fourth-order valence-corrected chi connectivity index (χ4v) is 13.2. The highest BCUT2D eigenvalue weighted by molar-refractivity contribution is 5.74. The van der Waals surface area contributed by atoms with Crippen molar-refractivity contribution in [3.8, 4) is 0 Å². The monoisotopic (exact) mass is 546 g/mol. The van der Waals surface area contributed by atoms with Crippen molar-refractivity contribution in [2.75, 3.05) is 13.2 Å². The highest BCUT2D eigenvalue weighted by Crippen LogP contribution is 2.82. The molecule has 1 saturated heterocycles. The normalized spacial score (nSPS) is 60.0. The van der Waals surface area contributed by atoms with Crippen LogP contribution in [0.2, 0.25) is 0 Å². The average Bonchev–Trinajstić information content (AvgIpc) is 3.08. The van der Waals surface area contributed by atoms with Crippen LogP contribution in [-0.2, 0) is 9.53 Å². The van der Waals surface area contributed by atoms with Crippen molar-refractivity contribution in [2.45, 2.75) is 130 Å². The Kier molecular flexibility index (Phi) is 6.00. The van der Waals surface area contributed by atoms with Crippen LogP contribution in [0, 0.1) is 55.7 Å². The summed E-state index contributed by atoms with van der Waals surface area (Å²) in [5, 5.41) is 45.4. The van der Waals surface area contributed by atoms with Gasteiger partial charge in [0.2, 0.25) is 0 Å². The number of carbonyl (C=O) groups is 1. The SMILES string of the molecule is CCCC1C2(O)CC(O)C3(CO)C4(C)CCC5(C)C6CC(C)(C(=O)O)CCC6(C)CCC5(C)C4CCC13CO2. The summed E-state index contributed by atoms with van der Waals surface area (Å²) in [5.41, 5.74) is -1.99. The number of hydrogen-bond acceptors (Lipinski definition) is 5. The number of aliphatic hydroxyl groups is 3. The molecule has 6 rings (SSSR count). The average molecular weight is 547 g/mol. The molecule has 12 unspecified atom stereocenters. The minimum atomic E-state index is -1.31. The third-order valence-electron chi connectivity index (χ3n) is 15.7. The number of fused-ring (bicyclic) bond motifs is 7. The fraction of sp³-hybridized carbons (Fsp3) is 0.970. The molecule has 6 fully saturated rings. The van der Waals surface area contributed by atoms with Gasteiger partial charge < -0.3 is 25.2 Å². The van der Waals surface area contributed by atoms with Gasteiger partial charge in [0.15, 0.2) is 5.79 Å². The summed E-state index contributed by atoms with van der Waals surface area (Å²) >= 11 is 0. The predicted octanol–water partition coefficient (Wildman–Crippen LogP) is 5.77. The maximum atomic E-state index is 12.4. The number of aliphatic hydroxyl groups excluding tert-OH is 2. The third-order valence-corrected chi connectivity index (χ3v) is 15.7. The van der Waals surface area contributed by atoms with Gasteiger partial charge in [-0.15, -0.1) is 0 Å². The summed E-state index contributed by atoms with van der Waals surface area (Å²) in [6.07, 6.45) is 9.62. The van der Waals surface area contributed by atoms with E-state index in [0.717, 1.165) is 70.6 Å². The van der Waals surface area contributed by atoms with Crippen LogP contribution in [0.15, 0.2) is 0 Å². The molecule has 222 valence electrons. The lowest BCUT2D eigenvalue weighted by molar-refractivity contribution is -0.334. The summed E-state index contributed by atoms with van der Waals surface area (Å²) in [5.74, 6) is -1.38. The Bertz CT molecular complexity index is 1050. The summed E-state index contributed by atoms with van der Waals surface area (Å²) in [7, 11) is 0. The molecule has 1 aliphatic heterocycles. The highest BCUT2D eigenvalue weighted by Gasteiger charge is 2.81. The zero-order chi connectivity index (χ0) is 28.5. The number of hydrogen-bond donors (Lipinski definition) is 4. The van der Waals surface area contributed by atoms with Crippen molar-refractivity contribution < 1.29 is 30.0 Å². The maximum absolute atomic E-state index is 12.4. The number of carboxylic acid groups (broad SMARTS) is 1. The number of ether oxygens (including phenoxy) is 1. The molecule has 1 spiro atoms. The predicted molar refractivity (Wildman–Crippen MR) is 149 cm³/mol. The quantitative estimate of drug-likeness (QED) is 0.357. The first kappa shape index (κ1) is 28.4. The number of carboxylic acids is 1. The van der Waals surface area contributed by atoms with E-state index >= 15 is 0 Å². The van der Waals surface area contributed by atoms with E-state index in [4.69, 9.17) is 4.74 Å².